The molecular formula is C23H30O5. The van der Waals surface area contributed by atoms with Gasteiger partial charge in [0.25, 0.3) is 0 Å². The van der Waals surface area contributed by atoms with Crippen molar-refractivity contribution in [3.63, 3.8) is 0 Å². The summed E-state index contributed by atoms with van der Waals surface area (Å²) in [5.41, 5.74) is 3.79. The third-order valence-corrected chi connectivity index (χ3v) is 5.71. The molecule has 0 heterocycles. The number of methoxy groups -OCH3 is 5. The molecule has 1 aliphatic rings. The zero-order chi connectivity index (χ0) is 20.1. The number of benzene rings is 2. The van der Waals surface area contributed by atoms with Gasteiger partial charge in [0, 0.05) is 26.7 Å². The number of fused-ring (bicyclic) bond motifs is 1. The third-order valence-electron chi connectivity index (χ3n) is 5.71. The molecule has 5 heteroatoms. The van der Waals surface area contributed by atoms with E-state index in [2.05, 4.69) is 24.3 Å². The van der Waals surface area contributed by atoms with Crippen LogP contribution in [0.2, 0.25) is 0 Å². The molecule has 0 saturated heterocycles. The van der Waals surface area contributed by atoms with Crippen molar-refractivity contribution in [2.75, 3.05) is 48.8 Å². The number of rotatable bonds is 8. The average molecular weight is 386 g/mol. The van der Waals surface area contributed by atoms with Gasteiger partial charge >= 0.3 is 0 Å². The third kappa shape index (κ3) is 3.96. The molecule has 0 unspecified atom stereocenters. The van der Waals surface area contributed by atoms with Crippen molar-refractivity contribution in [2.24, 2.45) is 11.8 Å². The lowest BCUT2D eigenvalue weighted by Gasteiger charge is -2.40. The van der Waals surface area contributed by atoms with Gasteiger partial charge in [0.2, 0.25) is 0 Å². The number of ether oxygens (including phenoxy) is 5. The monoisotopic (exact) mass is 386 g/mol. The second-order valence-electron chi connectivity index (χ2n) is 7.20. The van der Waals surface area contributed by atoms with Crippen LogP contribution in [-0.2, 0) is 15.9 Å². The van der Waals surface area contributed by atoms with Crippen LogP contribution >= 0.6 is 0 Å². The average Bonchev–Trinajstić information content (AvgIpc) is 2.73. The summed E-state index contributed by atoms with van der Waals surface area (Å²) < 4.78 is 27.7. The van der Waals surface area contributed by atoms with Crippen LogP contribution in [0.1, 0.15) is 22.6 Å². The van der Waals surface area contributed by atoms with Crippen molar-refractivity contribution >= 4 is 0 Å². The van der Waals surface area contributed by atoms with Crippen LogP contribution in [-0.4, -0.2) is 48.8 Å². The first-order valence-corrected chi connectivity index (χ1v) is 9.53. The molecule has 0 aromatic heterocycles. The van der Waals surface area contributed by atoms with E-state index in [0.717, 1.165) is 23.7 Å². The van der Waals surface area contributed by atoms with Gasteiger partial charge in [0.05, 0.1) is 27.9 Å². The molecule has 0 radical (unpaired) electrons. The number of hydrogen-bond acceptors (Lipinski definition) is 5. The van der Waals surface area contributed by atoms with Gasteiger partial charge < -0.3 is 23.7 Å². The zero-order valence-corrected chi connectivity index (χ0v) is 17.4. The normalized spacial score (nSPS) is 21.1. The van der Waals surface area contributed by atoms with Gasteiger partial charge in [-0.3, -0.25) is 0 Å². The smallest absolute Gasteiger partial charge is 0.161 e. The van der Waals surface area contributed by atoms with Crippen LogP contribution in [0.25, 0.3) is 0 Å². The van der Waals surface area contributed by atoms with Crippen molar-refractivity contribution in [1.82, 2.24) is 0 Å². The molecule has 0 saturated carbocycles. The SMILES string of the molecule is COC[C@H]1Cc2cc(OC)ccc2[C@@H](c2ccc(OC)c(OC)c2)[C@@H]1COC. The maximum atomic E-state index is 5.63. The lowest BCUT2D eigenvalue weighted by molar-refractivity contribution is 0.0566. The molecule has 5 nitrogen and oxygen atoms in total. The van der Waals surface area contributed by atoms with Crippen molar-refractivity contribution in [2.45, 2.75) is 12.3 Å². The van der Waals surface area contributed by atoms with E-state index < -0.39 is 0 Å². The highest BCUT2D eigenvalue weighted by atomic mass is 16.5. The Morgan fingerprint density at radius 3 is 2.18 bits per heavy atom. The van der Waals surface area contributed by atoms with E-state index in [4.69, 9.17) is 23.7 Å². The van der Waals surface area contributed by atoms with E-state index in [1.54, 1.807) is 35.5 Å². The van der Waals surface area contributed by atoms with Crippen LogP contribution in [0.5, 0.6) is 17.2 Å². The molecule has 0 amide bonds. The Morgan fingerprint density at radius 2 is 1.54 bits per heavy atom. The highest BCUT2D eigenvalue weighted by Crippen LogP contribution is 2.46. The maximum Gasteiger partial charge on any atom is 0.161 e. The van der Waals surface area contributed by atoms with Gasteiger partial charge in [0.15, 0.2) is 11.5 Å². The molecule has 0 N–H and O–H groups in total. The molecular weight excluding hydrogens is 356 g/mol. The van der Waals surface area contributed by atoms with Crippen molar-refractivity contribution in [3.05, 3.63) is 53.1 Å². The Morgan fingerprint density at radius 1 is 0.786 bits per heavy atom. The largest absolute Gasteiger partial charge is 0.497 e. The second-order valence-corrected chi connectivity index (χ2v) is 7.20. The Kier molecular flexibility index (Phi) is 6.81. The molecule has 0 spiro atoms. The van der Waals surface area contributed by atoms with Gasteiger partial charge in [-0.25, -0.2) is 0 Å². The fraction of sp³-hybridized carbons (Fsp3) is 0.478. The van der Waals surface area contributed by atoms with E-state index in [9.17, 15) is 0 Å². The summed E-state index contributed by atoms with van der Waals surface area (Å²) in [6, 6.07) is 12.5. The summed E-state index contributed by atoms with van der Waals surface area (Å²) in [6.07, 6.45) is 0.943. The van der Waals surface area contributed by atoms with Crippen molar-refractivity contribution < 1.29 is 23.7 Å². The minimum Gasteiger partial charge on any atom is -0.497 e. The fourth-order valence-corrected chi connectivity index (χ4v) is 4.42. The van der Waals surface area contributed by atoms with Crippen LogP contribution in [0.15, 0.2) is 36.4 Å². The molecule has 3 rings (SSSR count). The van der Waals surface area contributed by atoms with Crippen LogP contribution in [0, 0.1) is 11.8 Å². The summed E-state index contributed by atoms with van der Waals surface area (Å²) in [7, 11) is 8.55. The Bertz CT molecular complexity index is 789. The van der Waals surface area contributed by atoms with E-state index in [1.807, 2.05) is 12.1 Å². The first-order valence-electron chi connectivity index (χ1n) is 9.53. The minimum absolute atomic E-state index is 0.176. The molecule has 152 valence electrons. The molecule has 0 fully saturated rings. The Balaban J connectivity index is 2.13. The quantitative estimate of drug-likeness (QED) is 0.688. The van der Waals surface area contributed by atoms with Crippen LogP contribution in [0.4, 0.5) is 0 Å². The van der Waals surface area contributed by atoms with Crippen LogP contribution in [0.3, 0.4) is 0 Å². The van der Waals surface area contributed by atoms with E-state index >= 15 is 0 Å². The minimum atomic E-state index is 0.176. The topological polar surface area (TPSA) is 46.2 Å². The zero-order valence-electron chi connectivity index (χ0n) is 17.4. The van der Waals surface area contributed by atoms with Crippen LogP contribution < -0.4 is 14.2 Å². The summed E-state index contributed by atoms with van der Waals surface area (Å²) in [5.74, 6) is 3.17. The fourth-order valence-electron chi connectivity index (χ4n) is 4.42. The summed E-state index contributed by atoms with van der Waals surface area (Å²) in [5, 5.41) is 0. The summed E-state index contributed by atoms with van der Waals surface area (Å²) in [6.45, 7) is 1.35. The summed E-state index contributed by atoms with van der Waals surface area (Å²) >= 11 is 0. The highest BCUT2D eigenvalue weighted by molar-refractivity contribution is 5.50. The highest BCUT2D eigenvalue weighted by Gasteiger charge is 2.38. The lowest BCUT2D eigenvalue weighted by atomic mass is 9.67. The molecule has 3 atom stereocenters. The van der Waals surface area contributed by atoms with E-state index in [-0.39, 0.29) is 5.92 Å². The van der Waals surface area contributed by atoms with E-state index in [1.165, 1.54) is 16.7 Å². The van der Waals surface area contributed by atoms with E-state index in [0.29, 0.717) is 25.0 Å². The Hall–Kier alpha value is -2.24. The van der Waals surface area contributed by atoms with Gasteiger partial charge in [-0.1, -0.05) is 12.1 Å². The molecule has 0 bridgehead atoms. The maximum absolute atomic E-state index is 5.63. The predicted octanol–water partition coefficient (Wildman–Crippen LogP) is 3.93. The molecule has 28 heavy (non-hydrogen) atoms. The molecule has 2 aromatic carbocycles. The first kappa shape index (κ1) is 20.5. The van der Waals surface area contributed by atoms with Gasteiger partial charge in [0.1, 0.15) is 5.75 Å². The number of hydrogen-bond donors (Lipinski definition) is 0. The molecule has 1 aliphatic carbocycles. The Labute approximate surface area is 167 Å². The van der Waals surface area contributed by atoms with Crippen molar-refractivity contribution in [1.29, 1.82) is 0 Å². The molecule has 2 aromatic rings. The van der Waals surface area contributed by atoms with Gasteiger partial charge in [-0.2, -0.15) is 0 Å². The van der Waals surface area contributed by atoms with Gasteiger partial charge in [-0.15, -0.1) is 0 Å². The second kappa shape index (κ2) is 9.30. The summed E-state index contributed by atoms with van der Waals surface area (Å²) in [4.78, 5) is 0. The predicted molar refractivity (Wildman–Crippen MR) is 109 cm³/mol. The van der Waals surface area contributed by atoms with Gasteiger partial charge in [-0.05, 0) is 59.2 Å². The van der Waals surface area contributed by atoms with Crippen molar-refractivity contribution in [3.8, 4) is 17.2 Å². The standard InChI is InChI=1S/C23H30O5/c1-24-13-17-10-16-11-18(26-3)7-8-19(16)23(20(17)14-25-2)15-6-9-21(27-4)22(12-15)28-5/h6-9,11-12,17,20,23H,10,13-14H2,1-5H3/t17-,20-,23-/m1/s1. The molecule has 0 aliphatic heterocycles. The first-order chi connectivity index (χ1) is 13.7. The lowest BCUT2D eigenvalue weighted by Crippen LogP contribution is -2.36.